The van der Waals surface area contributed by atoms with Gasteiger partial charge in [-0.1, -0.05) is 6.92 Å². The minimum absolute atomic E-state index is 0.246. The second kappa shape index (κ2) is 6.00. The summed E-state index contributed by atoms with van der Waals surface area (Å²) in [5, 5.41) is 3.22. The van der Waals surface area contributed by atoms with Crippen LogP contribution < -0.4 is 10.2 Å². The van der Waals surface area contributed by atoms with Crippen molar-refractivity contribution in [3.05, 3.63) is 12.3 Å². The van der Waals surface area contributed by atoms with E-state index in [1.807, 2.05) is 12.3 Å². The third-order valence-corrected chi connectivity index (χ3v) is 2.92. The van der Waals surface area contributed by atoms with Gasteiger partial charge in [-0.2, -0.15) is 4.98 Å². The van der Waals surface area contributed by atoms with Crippen molar-refractivity contribution in [1.29, 1.82) is 0 Å². The van der Waals surface area contributed by atoms with E-state index in [0.29, 0.717) is 5.95 Å². The molecule has 0 aliphatic carbocycles. The lowest BCUT2D eigenvalue weighted by Gasteiger charge is -2.36. The summed E-state index contributed by atoms with van der Waals surface area (Å²) in [6.45, 7) is 8.99. The molecular weight excluding hydrogens is 228 g/mol. The van der Waals surface area contributed by atoms with Gasteiger partial charge in [0.05, 0.1) is 12.2 Å². The summed E-state index contributed by atoms with van der Waals surface area (Å²) in [5.74, 6) is 1.69. The van der Waals surface area contributed by atoms with Crippen LogP contribution in [0.2, 0.25) is 0 Å². The molecule has 18 heavy (non-hydrogen) atoms. The molecule has 1 aliphatic heterocycles. The minimum Gasteiger partial charge on any atom is -0.372 e. The molecule has 2 rings (SSSR count). The van der Waals surface area contributed by atoms with Crippen LogP contribution in [0.5, 0.6) is 0 Å². The maximum Gasteiger partial charge on any atom is 0.224 e. The lowest BCUT2D eigenvalue weighted by Crippen LogP contribution is -2.45. The molecule has 100 valence electrons. The molecule has 0 spiro atoms. The Kier molecular flexibility index (Phi) is 4.36. The molecule has 1 saturated heterocycles. The predicted molar refractivity (Wildman–Crippen MR) is 73.0 cm³/mol. The lowest BCUT2D eigenvalue weighted by atomic mass is 10.2. The van der Waals surface area contributed by atoms with E-state index >= 15 is 0 Å². The van der Waals surface area contributed by atoms with Crippen molar-refractivity contribution in [2.24, 2.45) is 0 Å². The van der Waals surface area contributed by atoms with Crippen molar-refractivity contribution < 1.29 is 4.74 Å². The van der Waals surface area contributed by atoms with Crippen molar-refractivity contribution >= 4 is 11.8 Å². The zero-order chi connectivity index (χ0) is 13.0. The summed E-state index contributed by atoms with van der Waals surface area (Å²) >= 11 is 0. The highest BCUT2D eigenvalue weighted by molar-refractivity contribution is 5.43. The van der Waals surface area contributed by atoms with Crippen molar-refractivity contribution in [1.82, 2.24) is 9.97 Å². The van der Waals surface area contributed by atoms with Crippen LogP contribution in [0.3, 0.4) is 0 Å². The first kappa shape index (κ1) is 13.1. The number of aromatic nitrogens is 2. The Balaban J connectivity index is 2.07. The molecule has 1 aromatic heterocycles. The van der Waals surface area contributed by atoms with Gasteiger partial charge < -0.3 is 15.0 Å². The number of hydrogen-bond donors (Lipinski definition) is 1. The van der Waals surface area contributed by atoms with Crippen molar-refractivity contribution in [2.45, 2.75) is 39.4 Å². The van der Waals surface area contributed by atoms with Gasteiger partial charge in [-0.05, 0) is 26.3 Å². The molecule has 2 unspecified atom stereocenters. The molecule has 0 bridgehead atoms. The number of nitrogens with one attached hydrogen (secondary N) is 1. The average molecular weight is 250 g/mol. The van der Waals surface area contributed by atoms with E-state index in [1.165, 1.54) is 0 Å². The topological polar surface area (TPSA) is 50.3 Å². The fraction of sp³-hybridized carbons (Fsp3) is 0.692. The number of anilines is 2. The van der Waals surface area contributed by atoms with Crippen LogP contribution in [-0.4, -0.2) is 41.8 Å². The van der Waals surface area contributed by atoms with Crippen LogP contribution in [0.25, 0.3) is 0 Å². The Morgan fingerprint density at radius 2 is 2.11 bits per heavy atom. The van der Waals surface area contributed by atoms with E-state index in [2.05, 4.69) is 41.0 Å². The van der Waals surface area contributed by atoms with Gasteiger partial charge in [-0.25, -0.2) is 4.98 Å². The third kappa shape index (κ3) is 3.32. The molecule has 1 aromatic rings. The molecule has 5 nitrogen and oxygen atoms in total. The van der Waals surface area contributed by atoms with Gasteiger partial charge in [0.2, 0.25) is 5.95 Å². The first-order valence-corrected chi connectivity index (χ1v) is 6.66. The highest BCUT2D eigenvalue weighted by Crippen LogP contribution is 2.18. The van der Waals surface area contributed by atoms with E-state index in [1.54, 1.807) is 0 Å². The van der Waals surface area contributed by atoms with Gasteiger partial charge in [-0.3, -0.25) is 0 Å². The summed E-state index contributed by atoms with van der Waals surface area (Å²) in [4.78, 5) is 11.0. The maximum atomic E-state index is 5.73. The fourth-order valence-electron chi connectivity index (χ4n) is 2.21. The largest absolute Gasteiger partial charge is 0.372 e. The highest BCUT2D eigenvalue weighted by Gasteiger charge is 2.23. The molecule has 2 atom stereocenters. The smallest absolute Gasteiger partial charge is 0.224 e. The van der Waals surface area contributed by atoms with E-state index in [4.69, 9.17) is 4.74 Å². The molecule has 0 aromatic carbocycles. The molecule has 0 saturated carbocycles. The van der Waals surface area contributed by atoms with Crippen molar-refractivity contribution in [2.75, 3.05) is 29.9 Å². The lowest BCUT2D eigenvalue weighted by molar-refractivity contribution is -0.00545. The predicted octanol–water partition coefficient (Wildman–Crippen LogP) is 1.91. The first-order valence-electron chi connectivity index (χ1n) is 6.66. The van der Waals surface area contributed by atoms with Gasteiger partial charge in [-0.15, -0.1) is 0 Å². The average Bonchev–Trinajstić information content (AvgIpc) is 2.35. The van der Waals surface area contributed by atoms with Gasteiger partial charge >= 0.3 is 0 Å². The molecular formula is C13H22N4O. The van der Waals surface area contributed by atoms with Crippen LogP contribution in [0.4, 0.5) is 11.8 Å². The van der Waals surface area contributed by atoms with Gasteiger partial charge in [0, 0.05) is 25.8 Å². The minimum atomic E-state index is 0.246. The molecule has 1 fully saturated rings. The molecule has 0 radical (unpaired) electrons. The second-order valence-electron chi connectivity index (χ2n) is 4.83. The van der Waals surface area contributed by atoms with E-state index in [-0.39, 0.29) is 12.2 Å². The van der Waals surface area contributed by atoms with Crippen LogP contribution >= 0.6 is 0 Å². The summed E-state index contributed by atoms with van der Waals surface area (Å²) < 4.78 is 5.73. The Bertz CT molecular complexity index is 375. The fourth-order valence-corrected chi connectivity index (χ4v) is 2.21. The van der Waals surface area contributed by atoms with Gasteiger partial charge in [0.25, 0.3) is 0 Å². The zero-order valence-corrected chi connectivity index (χ0v) is 11.4. The first-order chi connectivity index (χ1) is 8.69. The molecule has 1 aliphatic rings. The monoisotopic (exact) mass is 250 g/mol. The number of hydrogen-bond acceptors (Lipinski definition) is 5. The Morgan fingerprint density at radius 1 is 1.39 bits per heavy atom. The molecule has 0 amide bonds. The summed E-state index contributed by atoms with van der Waals surface area (Å²) in [5.41, 5.74) is 0. The molecule has 1 N–H and O–H groups in total. The third-order valence-electron chi connectivity index (χ3n) is 2.92. The van der Waals surface area contributed by atoms with Crippen molar-refractivity contribution in [3.63, 3.8) is 0 Å². The Labute approximate surface area is 109 Å². The Hall–Kier alpha value is -1.36. The van der Waals surface area contributed by atoms with E-state index in [0.717, 1.165) is 31.9 Å². The maximum absolute atomic E-state index is 5.73. The summed E-state index contributed by atoms with van der Waals surface area (Å²) in [6.07, 6.45) is 3.37. The van der Waals surface area contributed by atoms with Crippen LogP contribution in [0, 0.1) is 0 Å². The standard InChI is InChI=1S/C13H22N4O/c1-4-6-14-13-15-7-5-12(16-13)17-8-10(2)18-11(3)9-17/h5,7,10-11H,4,6,8-9H2,1-3H3,(H,14,15,16). The number of nitrogens with zero attached hydrogens (tertiary/aromatic N) is 3. The summed E-state index contributed by atoms with van der Waals surface area (Å²) in [7, 11) is 0. The number of rotatable bonds is 4. The second-order valence-corrected chi connectivity index (χ2v) is 4.83. The molecule has 5 heteroatoms. The quantitative estimate of drug-likeness (QED) is 0.884. The van der Waals surface area contributed by atoms with Gasteiger partial charge in [0.1, 0.15) is 5.82 Å². The summed E-state index contributed by atoms with van der Waals surface area (Å²) in [6, 6.07) is 1.96. The van der Waals surface area contributed by atoms with Crippen LogP contribution in [0.1, 0.15) is 27.2 Å². The zero-order valence-electron chi connectivity index (χ0n) is 11.4. The normalized spacial score (nSPS) is 24.1. The molecule has 2 heterocycles. The van der Waals surface area contributed by atoms with Crippen LogP contribution in [0.15, 0.2) is 12.3 Å². The SMILES string of the molecule is CCCNc1nccc(N2CC(C)OC(C)C2)n1. The van der Waals surface area contributed by atoms with E-state index < -0.39 is 0 Å². The highest BCUT2D eigenvalue weighted by atomic mass is 16.5. The number of ether oxygens (including phenoxy) is 1. The van der Waals surface area contributed by atoms with E-state index in [9.17, 15) is 0 Å². The Morgan fingerprint density at radius 3 is 2.78 bits per heavy atom. The van der Waals surface area contributed by atoms with Crippen LogP contribution in [-0.2, 0) is 4.74 Å². The number of morpholine rings is 1. The van der Waals surface area contributed by atoms with Gasteiger partial charge in [0.15, 0.2) is 0 Å². The van der Waals surface area contributed by atoms with Crippen molar-refractivity contribution in [3.8, 4) is 0 Å².